The fraction of sp³-hybridized carbons (Fsp3) is 0.625. The van der Waals surface area contributed by atoms with E-state index in [9.17, 15) is 4.79 Å². The second kappa shape index (κ2) is 8.50. The number of nitrogens with one attached hydrogen (secondary N) is 1. The van der Waals surface area contributed by atoms with Crippen molar-refractivity contribution in [1.82, 2.24) is 25.0 Å². The van der Waals surface area contributed by atoms with E-state index in [0.717, 1.165) is 75.4 Å². The van der Waals surface area contributed by atoms with E-state index in [-0.39, 0.29) is 11.3 Å². The lowest BCUT2D eigenvalue weighted by molar-refractivity contribution is 0.0752. The third-order valence-corrected chi connectivity index (χ3v) is 6.78. The van der Waals surface area contributed by atoms with Gasteiger partial charge in [0.05, 0.1) is 5.69 Å². The molecular weight excluding hydrogens is 374 g/mol. The van der Waals surface area contributed by atoms with Gasteiger partial charge in [0.2, 0.25) is 0 Å². The Morgan fingerprint density at radius 1 is 1.20 bits per heavy atom. The van der Waals surface area contributed by atoms with E-state index in [1.165, 1.54) is 5.69 Å². The molecule has 1 N–H and O–H groups in total. The molecule has 1 amide bonds. The number of pyridine rings is 1. The lowest BCUT2D eigenvalue weighted by Crippen LogP contribution is -2.36. The molecule has 6 nitrogen and oxygen atoms in total. The van der Waals surface area contributed by atoms with Gasteiger partial charge in [-0.1, -0.05) is 26.8 Å². The van der Waals surface area contributed by atoms with Gasteiger partial charge in [0.1, 0.15) is 0 Å². The first kappa shape index (κ1) is 21.0. The van der Waals surface area contributed by atoms with Crippen LogP contribution in [0.15, 0.2) is 18.2 Å². The molecule has 2 aromatic heterocycles. The minimum atomic E-state index is 0.0950. The van der Waals surface area contributed by atoms with Gasteiger partial charge in [0, 0.05) is 49.7 Å². The van der Waals surface area contributed by atoms with Crippen LogP contribution < -0.4 is 0 Å². The van der Waals surface area contributed by atoms with Crippen molar-refractivity contribution in [3.05, 3.63) is 46.5 Å². The normalized spacial score (nSPS) is 20.7. The highest BCUT2D eigenvalue weighted by Crippen LogP contribution is 2.37. The minimum Gasteiger partial charge on any atom is -0.336 e. The first-order valence-corrected chi connectivity index (χ1v) is 11.3. The molecule has 4 rings (SSSR count). The van der Waals surface area contributed by atoms with Gasteiger partial charge in [-0.3, -0.25) is 19.8 Å². The van der Waals surface area contributed by atoms with Gasteiger partial charge in [0.25, 0.3) is 5.91 Å². The number of aryl methyl sites for hydroxylation is 2. The zero-order chi connectivity index (χ0) is 21.3. The van der Waals surface area contributed by atoms with Gasteiger partial charge in [-0.25, -0.2) is 0 Å². The molecular formula is C24H35N5O. The van der Waals surface area contributed by atoms with E-state index >= 15 is 0 Å². The number of fused-ring (bicyclic) bond motifs is 1. The Bertz CT molecular complexity index is 897. The number of aromatic nitrogens is 3. The molecule has 0 aromatic carbocycles. The molecule has 0 saturated carbocycles. The second-order valence-electron chi connectivity index (χ2n) is 10.0. The maximum atomic E-state index is 13.4. The predicted octanol–water partition coefficient (Wildman–Crippen LogP) is 3.61. The monoisotopic (exact) mass is 409 g/mol. The topological polar surface area (TPSA) is 65.1 Å². The number of amides is 1. The lowest BCUT2D eigenvalue weighted by atomic mass is 9.71. The summed E-state index contributed by atoms with van der Waals surface area (Å²) in [5.41, 5.74) is 5.40. The van der Waals surface area contributed by atoms with Crippen LogP contribution in [0.2, 0.25) is 0 Å². The summed E-state index contributed by atoms with van der Waals surface area (Å²) in [5, 5.41) is 7.64. The molecule has 1 aliphatic carbocycles. The van der Waals surface area contributed by atoms with E-state index in [2.05, 4.69) is 53.0 Å². The largest absolute Gasteiger partial charge is 0.336 e. The number of rotatable bonds is 3. The molecule has 30 heavy (non-hydrogen) atoms. The number of hydrogen-bond acceptors (Lipinski definition) is 4. The molecule has 1 aliphatic heterocycles. The smallest absolute Gasteiger partial charge is 0.274 e. The maximum absolute atomic E-state index is 13.4. The maximum Gasteiger partial charge on any atom is 0.274 e. The van der Waals surface area contributed by atoms with Crippen LogP contribution in [-0.4, -0.2) is 57.1 Å². The lowest BCUT2D eigenvalue weighted by Gasteiger charge is -2.34. The quantitative estimate of drug-likeness (QED) is 0.841. The summed E-state index contributed by atoms with van der Waals surface area (Å²) < 4.78 is 0. The molecule has 0 radical (unpaired) electrons. The molecule has 162 valence electrons. The van der Waals surface area contributed by atoms with E-state index in [1.54, 1.807) is 0 Å². The van der Waals surface area contributed by atoms with Crippen LogP contribution in [0, 0.1) is 18.3 Å². The average molecular weight is 410 g/mol. The van der Waals surface area contributed by atoms with Crippen LogP contribution in [0.25, 0.3) is 0 Å². The summed E-state index contributed by atoms with van der Waals surface area (Å²) in [6.45, 7) is 13.2. The zero-order valence-electron chi connectivity index (χ0n) is 18.9. The van der Waals surface area contributed by atoms with E-state index in [1.807, 2.05) is 17.9 Å². The Morgan fingerprint density at radius 2 is 2.03 bits per heavy atom. The Kier molecular flexibility index (Phi) is 5.96. The van der Waals surface area contributed by atoms with E-state index < -0.39 is 0 Å². The van der Waals surface area contributed by atoms with Crippen molar-refractivity contribution in [2.75, 3.05) is 26.2 Å². The predicted molar refractivity (Wildman–Crippen MR) is 118 cm³/mol. The zero-order valence-corrected chi connectivity index (χ0v) is 18.9. The highest BCUT2D eigenvalue weighted by atomic mass is 16.2. The number of carbonyl (C=O) groups excluding carboxylic acids is 1. The molecule has 2 aliphatic rings. The summed E-state index contributed by atoms with van der Waals surface area (Å²) >= 11 is 0. The van der Waals surface area contributed by atoms with Crippen LogP contribution in [0.4, 0.5) is 0 Å². The number of aromatic amines is 1. The Balaban J connectivity index is 1.42. The highest BCUT2D eigenvalue weighted by Gasteiger charge is 2.34. The first-order chi connectivity index (χ1) is 14.3. The summed E-state index contributed by atoms with van der Waals surface area (Å²) in [6.07, 6.45) is 4.09. The molecule has 1 saturated heterocycles. The average Bonchev–Trinajstić information content (AvgIpc) is 2.98. The highest BCUT2D eigenvalue weighted by molar-refractivity contribution is 5.94. The molecule has 2 aromatic rings. The second-order valence-corrected chi connectivity index (χ2v) is 10.0. The first-order valence-electron chi connectivity index (χ1n) is 11.3. The Morgan fingerprint density at radius 3 is 2.80 bits per heavy atom. The van der Waals surface area contributed by atoms with Gasteiger partial charge in [-0.2, -0.15) is 5.10 Å². The van der Waals surface area contributed by atoms with Crippen LogP contribution in [0.5, 0.6) is 0 Å². The van der Waals surface area contributed by atoms with Gasteiger partial charge in [0.15, 0.2) is 5.69 Å². The van der Waals surface area contributed by atoms with Crippen molar-refractivity contribution in [2.24, 2.45) is 11.3 Å². The summed E-state index contributed by atoms with van der Waals surface area (Å²) in [5.74, 6) is 0.688. The Labute approximate surface area is 180 Å². The molecule has 1 fully saturated rings. The van der Waals surface area contributed by atoms with E-state index in [4.69, 9.17) is 0 Å². The standard InChI is InChI=1S/C24H35N5O/c1-17-7-5-8-19(25-17)16-28-11-6-12-29(14-13-28)23(30)22-20-15-18(24(2,3)4)9-10-21(20)26-27-22/h5,7-8,18H,6,9-16H2,1-4H3,(H,26,27)/t18-/m0/s1. The van der Waals surface area contributed by atoms with Crippen molar-refractivity contribution >= 4 is 5.91 Å². The van der Waals surface area contributed by atoms with Gasteiger partial charge in [-0.05, 0) is 56.1 Å². The molecule has 6 heteroatoms. The third kappa shape index (κ3) is 4.59. The van der Waals surface area contributed by atoms with Crippen molar-refractivity contribution < 1.29 is 4.79 Å². The van der Waals surface area contributed by atoms with Gasteiger partial charge < -0.3 is 4.90 Å². The molecule has 3 heterocycles. The van der Waals surface area contributed by atoms with Crippen molar-refractivity contribution in [3.63, 3.8) is 0 Å². The number of H-pyrrole nitrogens is 1. The van der Waals surface area contributed by atoms with Crippen molar-refractivity contribution in [1.29, 1.82) is 0 Å². The number of nitrogens with zero attached hydrogens (tertiary/aromatic N) is 4. The van der Waals surface area contributed by atoms with Crippen molar-refractivity contribution in [2.45, 2.75) is 59.9 Å². The summed E-state index contributed by atoms with van der Waals surface area (Å²) in [6, 6.07) is 6.18. The molecule has 0 unspecified atom stereocenters. The SMILES string of the molecule is Cc1cccc(CN2CCCN(C(=O)c3n[nH]c4c3C[C@@H](C(C)(C)C)CC4)CC2)n1. The summed E-state index contributed by atoms with van der Waals surface area (Å²) in [7, 11) is 0. The molecule has 0 bridgehead atoms. The molecule has 0 spiro atoms. The van der Waals surface area contributed by atoms with Crippen LogP contribution in [0.1, 0.15) is 66.7 Å². The van der Waals surface area contributed by atoms with Crippen LogP contribution in [-0.2, 0) is 19.4 Å². The van der Waals surface area contributed by atoms with E-state index in [0.29, 0.717) is 11.6 Å². The third-order valence-electron chi connectivity index (χ3n) is 6.78. The minimum absolute atomic E-state index is 0.0950. The number of carbonyl (C=O) groups is 1. The number of hydrogen-bond donors (Lipinski definition) is 1. The van der Waals surface area contributed by atoms with Gasteiger partial charge in [-0.15, -0.1) is 0 Å². The van der Waals surface area contributed by atoms with Crippen LogP contribution >= 0.6 is 0 Å². The summed E-state index contributed by atoms with van der Waals surface area (Å²) in [4.78, 5) is 22.4. The fourth-order valence-corrected chi connectivity index (χ4v) is 4.81. The van der Waals surface area contributed by atoms with Gasteiger partial charge >= 0.3 is 0 Å². The van der Waals surface area contributed by atoms with Crippen molar-refractivity contribution in [3.8, 4) is 0 Å². The van der Waals surface area contributed by atoms with Crippen LogP contribution in [0.3, 0.4) is 0 Å². The Hall–Kier alpha value is -2.21. The molecule has 1 atom stereocenters. The fourth-order valence-electron chi connectivity index (χ4n) is 4.81.